The van der Waals surface area contributed by atoms with Gasteiger partial charge in [-0.25, -0.2) is 0 Å². The molecule has 0 aromatic heterocycles. The summed E-state index contributed by atoms with van der Waals surface area (Å²) in [5, 5.41) is 14.0. The van der Waals surface area contributed by atoms with E-state index in [2.05, 4.69) is 5.32 Å². The first-order valence-electron chi connectivity index (χ1n) is 6.42. The van der Waals surface area contributed by atoms with Crippen molar-refractivity contribution in [3.05, 3.63) is 22.2 Å². The summed E-state index contributed by atoms with van der Waals surface area (Å²) in [5.41, 5.74) is 5.29. The van der Waals surface area contributed by atoms with Gasteiger partial charge in [-0.1, -0.05) is 0 Å². The molecule has 116 valence electrons. The highest BCUT2D eigenvalue weighted by molar-refractivity contribution is 5.73. The van der Waals surface area contributed by atoms with E-state index in [1.54, 1.807) is 0 Å². The molecule has 0 atom stereocenters. The first-order chi connectivity index (χ1) is 9.99. The first kappa shape index (κ1) is 16.5. The maximum Gasteiger partial charge on any atom is 0.296 e. The SMILES string of the molecule is COc1cc(NCCCCC(N)=O)c([N+](=O)[O-])cc1OC. The van der Waals surface area contributed by atoms with Crippen molar-refractivity contribution in [2.24, 2.45) is 5.73 Å². The lowest BCUT2D eigenvalue weighted by Gasteiger charge is -2.12. The highest BCUT2D eigenvalue weighted by Gasteiger charge is 2.19. The molecule has 0 aliphatic heterocycles. The molecule has 1 rings (SSSR count). The van der Waals surface area contributed by atoms with Gasteiger partial charge < -0.3 is 20.5 Å². The van der Waals surface area contributed by atoms with Crippen molar-refractivity contribution < 1.29 is 19.2 Å². The number of benzene rings is 1. The minimum absolute atomic E-state index is 0.0949. The Kier molecular flexibility index (Phi) is 6.25. The van der Waals surface area contributed by atoms with Crippen LogP contribution >= 0.6 is 0 Å². The van der Waals surface area contributed by atoms with Crippen LogP contribution in [0.5, 0.6) is 11.5 Å². The number of amides is 1. The predicted molar refractivity (Wildman–Crippen MR) is 77.7 cm³/mol. The molecule has 1 aromatic carbocycles. The van der Waals surface area contributed by atoms with Gasteiger partial charge >= 0.3 is 0 Å². The molecule has 0 aliphatic carbocycles. The second-order valence-electron chi connectivity index (χ2n) is 4.33. The summed E-state index contributed by atoms with van der Waals surface area (Å²) in [4.78, 5) is 21.2. The molecule has 0 saturated heterocycles. The molecule has 0 radical (unpaired) electrons. The van der Waals surface area contributed by atoms with Crippen molar-refractivity contribution in [3.63, 3.8) is 0 Å². The smallest absolute Gasteiger partial charge is 0.296 e. The monoisotopic (exact) mass is 297 g/mol. The Balaban J connectivity index is 2.79. The van der Waals surface area contributed by atoms with E-state index in [4.69, 9.17) is 15.2 Å². The molecule has 0 fully saturated rings. The van der Waals surface area contributed by atoms with Crippen molar-refractivity contribution >= 4 is 17.3 Å². The number of hydrogen-bond donors (Lipinski definition) is 2. The Morgan fingerprint density at radius 1 is 1.29 bits per heavy atom. The summed E-state index contributed by atoms with van der Waals surface area (Å²) in [5.74, 6) is 0.346. The third-order valence-corrected chi connectivity index (χ3v) is 2.86. The minimum Gasteiger partial charge on any atom is -0.493 e. The number of nitrogens with two attached hydrogens (primary N) is 1. The van der Waals surface area contributed by atoms with Crippen molar-refractivity contribution in [1.82, 2.24) is 0 Å². The molecule has 21 heavy (non-hydrogen) atoms. The fraction of sp³-hybridized carbons (Fsp3) is 0.462. The molecule has 0 unspecified atom stereocenters. The molecule has 8 heteroatoms. The standard InChI is InChI=1S/C13H19N3O5/c1-20-11-7-9(15-6-4-3-5-13(14)17)10(16(18)19)8-12(11)21-2/h7-8,15H,3-6H2,1-2H3,(H2,14,17). The lowest BCUT2D eigenvalue weighted by atomic mass is 10.2. The van der Waals surface area contributed by atoms with Crippen LogP contribution in [-0.4, -0.2) is 31.6 Å². The molecule has 0 spiro atoms. The van der Waals surface area contributed by atoms with E-state index >= 15 is 0 Å². The van der Waals surface area contributed by atoms with Crippen LogP contribution in [0.4, 0.5) is 11.4 Å². The summed E-state index contributed by atoms with van der Waals surface area (Å²) >= 11 is 0. The molecule has 0 aliphatic rings. The minimum atomic E-state index is -0.492. The van der Waals surface area contributed by atoms with Crippen LogP contribution in [0, 0.1) is 10.1 Å². The third-order valence-electron chi connectivity index (χ3n) is 2.86. The van der Waals surface area contributed by atoms with E-state index < -0.39 is 4.92 Å². The Bertz CT molecular complexity index is 519. The Labute approximate surface area is 122 Å². The van der Waals surface area contributed by atoms with Gasteiger partial charge in [-0.15, -0.1) is 0 Å². The average molecular weight is 297 g/mol. The van der Waals surface area contributed by atoms with E-state index in [1.165, 1.54) is 26.4 Å². The third kappa shape index (κ3) is 4.83. The number of anilines is 1. The van der Waals surface area contributed by atoms with Crippen LogP contribution in [0.15, 0.2) is 12.1 Å². The van der Waals surface area contributed by atoms with E-state index in [0.29, 0.717) is 43.0 Å². The number of carbonyl (C=O) groups excluding carboxylic acids is 1. The Morgan fingerprint density at radius 2 is 1.90 bits per heavy atom. The van der Waals surface area contributed by atoms with E-state index in [0.717, 1.165) is 0 Å². The number of methoxy groups -OCH3 is 2. The molecule has 1 aromatic rings. The topological polar surface area (TPSA) is 117 Å². The number of nitrogens with zero attached hydrogens (tertiary/aromatic N) is 1. The van der Waals surface area contributed by atoms with Crippen molar-refractivity contribution in [3.8, 4) is 11.5 Å². The van der Waals surface area contributed by atoms with E-state index in [1.807, 2.05) is 0 Å². The van der Waals surface area contributed by atoms with Crippen LogP contribution in [0.1, 0.15) is 19.3 Å². The van der Waals surface area contributed by atoms with E-state index in [9.17, 15) is 14.9 Å². The largest absolute Gasteiger partial charge is 0.493 e. The van der Waals surface area contributed by atoms with Crippen LogP contribution in [0.3, 0.4) is 0 Å². The van der Waals surface area contributed by atoms with Crippen LogP contribution in [0.25, 0.3) is 0 Å². The van der Waals surface area contributed by atoms with E-state index in [-0.39, 0.29) is 11.6 Å². The van der Waals surface area contributed by atoms with Gasteiger partial charge in [0.05, 0.1) is 25.2 Å². The summed E-state index contributed by atoms with van der Waals surface area (Å²) in [7, 11) is 2.87. The summed E-state index contributed by atoms with van der Waals surface area (Å²) in [6, 6.07) is 2.83. The number of nitro groups is 1. The second-order valence-corrected chi connectivity index (χ2v) is 4.33. The Morgan fingerprint density at radius 3 is 2.43 bits per heavy atom. The number of nitrogens with one attached hydrogen (secondary N) is 1. The van der Waals surface area contributed by atoms with Crippen molar-refractivity contribution in [1.29, 1.82) is 0 Å². The zero-order valence-electron chi connectivity index (χ0n) is 12.0. The van der Waals surface area contributed by atoms with Gasteiger partial charge in [-0.3, -0.25) is 14.9 Å². The maximum absolute atomic E-state index is 11.1. The quantitative estimate of drug-likeness (QED) is 0.407. The van der Waals surface area contributed by atoms with Gasteiger partial charge in [0, 0.05) is 19.0 Å². The molecule has 8 nitrogen and oxygen atoms in total. The summed E-state index contributed by atoms with van der Waals surface area (Å²) in [6.45, 7) is 0.490. The highest BCUT2D eigenvalue weighted by atomic mass is 16.6. The molecule has 3 N–H and O–H groups in total. The summed E-state index contributed by atoms with van der Waals surface area (Å²) < 4.78 is 10.2. The van der Waals surface area contributed by atoms with Gasteiger partial charge in [0.1, 0.15) is 5.69 Å². The fourth-order valence-corrected chi connectivity index (χ4v) is 1.81. The van der Waals surface area contributed by atoms with Crippen molar-refractivity contribution in [2.45, 2.75) is 19.3 Å². The van der Waals surface area contributed by atoms with Gasteiger partial charge in [-0.05, 0) is 12.8 Å². The molecular weight excluding hydrogens is 278 g/mol. The summed E-state index contributed by atoms with van der Waals surface area (Å²) in [6.07, 6.45) is 1.60. The molecule has 0 heterocycles. The highest BCUT2D eigenvalue weighted by Crippen LogP contribution is 2.37. The maximum atomic E-state index is 11.1. The number of primary amides is 1. The number of carbonyl (C=O) groups is 1. The van der Waals surface area contributed by atoms with Crippen LogP contribution < -0.4 is 20.5 Å². The van der Waals surface area contributed by atoms with Gasteiger partial charge in [0.25, 0.3) is 5.69 Å². The zero-order valence-corrected chi connectivity index (χ0v) is 12.0. The number of hydrogen-bond acceptors (Lipinski definition) is 6. The van der Waals surface area contributed by atoms with Gasteiger partial charge in [0.2, 0.25) is 5.91 Å². The van der Waals surface area contributed by atoms with Crippen LogP contribution in [-0.2, 0) is 4.79 Å². The molecular formula is C13H19N3O5. The predicted octanol–water partition coefficient (Wildman–Crippen LogP) is 1.68. The molecule has 0 bridgehead atoms. The average Bonchev–Trinajstić information content (AvgIpc) is 2.45. The molecule has 0 saturated carbocycles. The fourth-order valence-electron chi connectivity index (χ4n) is 1.81. The zero-order chi connectivity index (χ0) is 15.8. The number of unbranched alkanes of at least 4 members (excludes halogenated alkanes) is 1. The first-order valence-corrected chi connectivity index (χ1v) is 6.42. The van der Waals surface area contributed by atoms with Gasteiger partial charge in [-0.2, -0.15) is 0 Å². The number of nitro benzene ring substituents is 1. The number of rotatable bonds is 9. The number of ether oxygens (including phenoxy) is 2. The van der Waals surface area contributed by atoms with Crippen molar-refractivity contribution in [2.75, 3.05) is 26.1 Å². The second kappa shape index (κ2) is 7.93. The van der Waals surface area contributed by atoms with Crippen LogP contribution in [0.2, 0.25) is 0 Å². The van der Waals surface area contributed by atoms with Gasteiger partial charge in [0.15, 0.2) is 11.5 Å². The lowest BCUT2D eigenvalue weighted by molar-refractivity contribution is -0.384. The normalized spacial score (nSPS) is 10.0. The lowest BCUT2D eigenvalue weighted by Crippen LogP contribution is -2.11. The molecule has 1 amide bonds. The Hall–Kier alpha value is -2.51.